The lowest BCUT2D eigenvalue weighted by molar-refractivity contribution is -0.434. The Labute approximate surface area is 222 Å². The van der Waals surface area contributed by atoms with E-state index in [-0.39, 0.29) is 0 Å². The lowest BCUT2D eigenvalue weighted by Crippen LogP contribution is -2.39. The number of aromatic nitrogens is 3. The minimum absolute atomic E-state index is 0.348. The zero-order chi connectivity index (χ0) is 26.1. The Morgan fingerprint density at radius 1 is 0.865 bits per heavy atom. The summed E-state index contributed by atoms with van der Waals surface area (Å²) in [6.45, 7) is 10.9. The smallest absolute Gasteiger partial charge is 0.342 e. The maximum atomic E-state index is 4.89. The van der Waals surface area contributed by atoms with Crippen molar-refractivity contribution in [1.29, 1.82) is 0 Å². The standard InChI is InChI=1S/C30H32N6S/c1-19(2)36(20(3)4)30-34-33-29(37-30)32-31-27-26-24(23-15-10-12-21(5)18-23)16-11-17-25(26)35(6)28(27)22-13-8-7-9-14-22/h7-20H,1-6H3/p+1. The van der Waals surface area contributed by atoms with Crippen LogP contribution in [0, 0.1) is 6.92 Å². The maximum absolute atomic E-state index is 4.89. The molecule has 0 aliphatic rings. The molecule has 1 N–H and O–H groups in total. The van der Waals surface area contributed by atoms with Crippen LogP contribution in [0.15, 0.2) is 83.0 Å². The Balaban J connectivity index is 1.70. The molecule has 188 valence electrons. The van der Waals surface area contributed by atoms with E-state index in [1.807, 2.05) is 6.07 Å². The molecule has 0 saturated carbocycles. The third-order valence-electron chi connectivity index (χ3n) is 6.59. The van der Waals surface area contributed by atoms with Crippen molar-refractivity contribution >= 4 is 38.2 Å². The number of aromatic amines is 1. The molecule has 0 unspecified atom stereocenters. The first-order valence-electron chi connectivity index (χ1n) is 12.7. The largest absolute Gasteiger partial charge is 0.358 e. The van der Waals surface area contributed by atoms with Crippen LogP contribution in [0.5, 0.6) is 0 Å². The van der Waals surface area contributed by atoms with Gasteiger partial charge >= 0.3 is 5.13 Å². The SMILES string of the molecule is Cc1cccc(-c2cccc3c2c(N=Nc2n[nH+]c(N(C(C)C)C(C)C)s2)c(-c2ccccc2)n3C)c1. The van der Waals surface area contributed by atoms with Gasteiger partial charge in [-0.25, -0.2) is 4.90 Å². The van der Waals surface area contributed by atoms with Crippen LogP contribution in [0.1, 0.15) is 33.3 Å². The van der Waals surface area contributed by atoms with Crippen LogP contribution in [0.3, 0.4) is 0 Å². The molecule has 0 spiro atoms. The summed E-state index contributed by atoms with van der Waals surface area (Å²) >= 11 is 1.53. The highest BCUT2D eigenvalue weighted by molar-refractivity contribution is 7.18. The summed E-state index contributed by atoms with van der Waals surface area (Å²) in [5.74, 6) is 0. The lowest BCUT2D eigenvalue weighted by atomic mass is 9.98. The molecule has 37 heavy (non-hydrogen) atoms. The van der Waals surface area contributed by atoms with Gasteiger partial charge in [0.25, 0.3) is 5.13 Å². The molecule has 3 aromatic carbocycles. The Morgan fingerprint density at radius 3 is 2.27 bits per heavy atom. The van der Waals surface area contributed by atoms with E-state index < -0.39 is 0 Å². The topological polar surface area (TPSA) is 59.9 Å². The second-order valence-corrected chi connectivity index (χ2v) is 10.9. The fourth-order valence-corrected chi connectivity index (χ4v) is 6.05. The number of fused-ring (bicyclic) bond motifs is 1. The van der Waals surface area contributed by atoms with Gasteiger partial charge in [0.05, 0.1) is 23.3 Å². The van der Waals surface area contributed by atoms with E-state index in [1.165, 1.54) is 22.5 Å². The molecular formula is C30H33N6S+. The van der Waals surface area contributed by atoms with Gasteiger partial charge in [0.1, 0.15) is 5.69 Å². The summed E-state index contributed by atoms with van der Waals surface area (Å²) in [5.41, 5.74) is 7.63. The summed E-state index contributed by atoms with van der Waals surface area (Å²) in [4.78, 5) is 2.31. The third kappa shape index (κ3) is 4.79. The van der Waals surface area contributed by atoms with Gasteiger partial charge in [0, 0.05) is 18.0 Å². The predicted molar refractivity (Wildman–Crippen MR) is 154 cm³/mol. The van der Waals surface area contributed by atoms with Gasteiger partial charge < -0.3 is 4.57 Å². The average molecular weight is 510 g/mol. The molecule has 0 fully saturated rings. The second kappa shape index (κ2) is 10.3. The van der Waals surface area contributed by atoms with Crippen molar-refractivity contribution in [1.82, 2.24) is 9.67 Å². The number of benzene rings is 3. The first-order chi connectivity index (χ1) is 17.8. The number of aryl methyl sites for hydroxylation is 2. The van der Waals surface area contributed by atoms with Crippen LogP contribution in [0.4, 0.5) is 16.0 Å². The van der Waals surface area contributed by atoms with Gasteiger partial charge in [0.15, 0.2) is 0 Å². The van der Waals surface area contributed by atoms with Crippen LogP contribution in [-0.4, -0.2) is 21.7 Å². The molecule has 0 saturated heterocycles. The molecule has 0 aliphatic heterocycles. The molecule has 0 atom stereocenters. The van der Waals surface area contributed by atoms with Gasteiger partial charge in [-0.2, -0.15) is 0 Å². The van der Waals surface area contributed by atoms with E-state index in [0.717, 1.165) is 38.5 Å². The summed E-state index contributed by atoms with van der Waals surface area (Å²) in [6.07, 6.45) is 0. The quantitative estimate of drug-likeness (QED) is 0.208. The van der Waals surface area contributed by atoms with Crippen molar-refractivity contribution in [2.24, 2.45) is 17.3 Å². The summed E-state index contributed by atoms with van der Waals surface area (Å²) in [6, 6.07) is 26.1. The van der Waals surface area contributed by atoms with Crippen LogP contribution >= 0.6 is 11.3 Å². The highest BCUT2D eigenvalue weighted by atomic mass is 32.1. The number of rotatable bonds is 7. The van der Waals surface area contributed by atoms with Crippen molar-refractivity contribution in [3.05, 3.63) is 78.4 Å². The van der Waals surface area contributed by atoms with Crippen molar-refractivity contribution in [2.75, 3.05) is 4.90 Å². The van der Waals surface area contributed by atoms with Gasteiger partial charge in [-0.05, 0) is 63.1 Å². The number of nitrogens with zero attached hydrogens (tertiary/aromatic N) is 5. The summed E-state index contributed by atoms with van der Waals surface area (Å²) in [5, 5.41) is 19.9. The van der Waals surface area contributed by atoms with E-state index in [2.05, 4.69) is 133 Å². The van der Waals surface area contributed by atoms with E-state index in [0.29, 0.717) is 17.2 Å². The second-order valence-electron chi connectivity index (χ2n) is 9.90. The predicted octanol–water partition coefficient (Wildman–Crippen LogP) is 8.13. The zero-order valence-corrected chi connectivity index (χ0v) is 23.0. The summed E-state index contributed by atoms with van der Waals surface area (Å²) < 4.78 is 2.22. The Kier molecular flexibility index (Phi) is 6.89. The lowest BCUT2D eigenvalue weighted by Gasteiger charge is -2.21. The molecule has 2 aromatic heterocycles. The maximum Gasteiger partial charge on any atom is 0.358 e. The van der Waals surface area contributed by atoms with E-state index in [4.69, 9.17) is 5.11 Å². The fourth-order valence-electron chi connectivity index (χ4n) is 5.08. The Bertz CT molecular complexity index is 1550. The first kappa shape index (κ1) is 24.8. The van der Waals surface area contributed by atoms with E-state index in [9.17, 15) is 0 Å². The molecule has 7 heteroatoms. The molecular weight excluding hydrogens is 476 g/mol. The summed E-state index contributed by atoms with van der Waals surface area (Å²) in [7, 11) is 2.10. The molecule has 5 rings (SSSR count). The van der Waals surface area contributed by atoms with Crippen molar-refractivity contribution < 1.29 is 5.10 Å². The molecule has 0 amide bonds. The van der Waals surface area contributed by atoms with E-state index in [1.54, 1.807) is 0 Å². The fraction of sp³-hybridized carbons (Fsp3) is 0.267. The zero-order valence-electron chi connectivity index (χ0n) is 22.2. The first-order valence-corrected chi connectivity index (χ1v) is 13.5. The van der Waals surface area contributed by atoms with Gasteiger partial charge in [-0.3, -0.25) is 0 Å². The Hall–Kier alpha value is -3.84. The van der Waals surface area contributed by atoms with Gasteiger partial charge in [0.2, 0.25) is 0 Å². The highest BCUT2D eigenvalue weighted by Crippen LogP contribution is 2.45. The average Bonchev–Trinajstić information content (AvgIpc) is 3.45. The number of hydrogen-bond acceptors (Lipinski definition) is 5. The molecule has 2 heterocycles. The number of nitrogens with one attached hydrogen (secondary N) is 1. The van der Waals surface area contributed by atoms with Gasteiger partial charge in [-0.1, -0.05) is 77.4 Å². The highest BCUT2D eigenvalue weighted by Gasteiger charge is 2.26. The monoisotopic (exact) mass is 509 g/mol. The normalized spacial score (nSPS) is 11.9. The minimum Gasteiger partial charge on any atom is -0.342 e. The van der Waals surface area contributed by atoms with Crippen molar-refractivity contribution in [3.8, 4) is 22.4 Å². The van der Waals surface area contributed by atoms with Crippen molar-refractivity contribution in [2.45, 2.75) is 46.7 Å². The number of azo groups is 1. The molecule has 5 aromatic rings. The molecule has 0 aliphatic carbocycles. The third-order valence-corrected chi connectivity index (χ3v) is 7.45. The van der Waals surface area contributed by atoms with E-state index >= 15 is 0 Å². The Morgan fingerprint density at radius 2 is 1.57 bits per heavy atom. The van der Waals surface area contributed by atoms with Crippen LogP contribution in [-0.2, 0) is 7.05 Å². The van der Waals surface area contributed by atoms with Gasteiger partial charge in [-0.15, -0.1) is 15.3 Å². The number of hydrogen-bond donors (Lipinski definition) is 0. The van der Waals surface area contributed by atoms with Crippen molar-refractivity contribution in [3.63, 3.8) is 0 Å². The number of H-pyrrole nitrogens is 1. The van der Waals surface area contributed by atoms with Crippen LogP contribution in [0.2, 0.25) is 0 Å². The van der Waals surface area contributed by atoms with Crippen LogP contribution < -0.4 is 10.00 Å². The molecule has 6 nitrogen and oxygen atoms in total. The molecule has 0 bridgehead atoms. The number of anilines is 1. The van der Waals surface area contributed by atoms with Crippen LogP contribution in [0.25, 0.3) is 33.3 Å². The molecule has 0 radical (unpaired) electrons. The minimum atomic E-state index is 0.348.